The highest BCUT2D eigenvalue weighted by Crippen LogP contribution is 2.34. The molecule has 0 spiro atoms. The quantitative estimate of drug-likeness (QED) is 0.203. The van der Waals surface area contributed by atoms with Crippen molar-refractivity contribution in [2.45, 2.75) is 51.7 Å². The lowest BCUT2D eigenvalue weighted by atomic mass is 9.88. The highest BCUT2D eigenvalue weighted by molar-refractivity contribution is 5.94. The minimum atomic E-state index is -0.781. The third-order valence-electron chi connectivity index (χ3n) is 6.21. The number of benzene rings is 1. The molecule has 3 rings (SSSR count). The Hall–Kier alpha value is -3.69. The summed E-state index contributed by atoms with van der Waals surface area (Å²) in [7, 11) is 0. The largest absolute Gasteiger partial charge is 0.365 e. The van der Waals surface area contributed by atoms with Crippen LogP contribution in [0, 0.1) is 15.7 Å². The lowest BCUT2D eigenvalue weighted by Gasteiger charge is -2.23. The number of hydrogen-bond donors (Lipinski definition) is 2. The van der Waals surface area contributed by atoms with Gasteiger partial charge in [-0.2, -0.15) is 9.81 Å². The fourth-order valence-corrected chi connectivity index (χ4v) is 4.52. The summed E-state index contributed by atoms with van der Waals surface area (Å²) in [5.74, 6) is 5.42. The van der Waals surface area contributed by atoms with E-state index in [4.69, 9.17) is 5.84 Å². The van der Waals surface area contributed by atoms with Gasteiger partial charge in [0, 0.05) is 36.7 Å². The highest BCUT2D eigenvalue weighted by Gasteiger charge is 2.29. The van der Waals surface area contributed by atoms with Crippen molar-refractivity contribution >= 4 is 11.5 Å². The molecule has 10 heteroatoms. The molecule has 0 saturated heterocycles. The number of carbonyl (C=O) groups excluding carboxylic acids is 1. The number of rotatable bonds is 11. The molecule has 186 valence electrons. The number of nitrogens with one attached hydrogen (secondary N) is 1. The highest BCUT2D eigenvalue weighted by atomic mass is 16.3. The van der Waals surface area contributed by atoms with E-state index in [0.29, 0.717) is 18.4 Å². The van der Waals surface area contributed by atoms with E-state index in [1.54, 1.807) is 12.1 Å². The van der Waals surface area contributed by atoms with Crippen LogP contribution in [0.4, 0.5) is 0 Å². The maximum Gasteiger partial charge on any atom is 0.249 e. The van der Waals surface area contributed by atoms with Crippen LogP contribution in [0.15, 0.2) is 74.5 Å². The Bertz CT molecular complexity index is 1020. The van der Waals surface area contributed by atoms with Crippen molar-refractivity contribution in [1.82, 2.24) is 10.2 Å². The fourth-order valence-electron chi connectivity index (χ4n) is 4.52. The van der Waals surface area contributed by atoms with Crippen molar-refractivity contribution < 1.29 is 4.79 Å². The van der Waals surface area contributed by atoms with Crippen molar-refractivity contribution in [3.8, 4) is 0 Å². The van der Waals surface area contributed by atoms with Crippen molar-refractivity contribution in [2.24, 2.45) is 32.5 Å². The molecule has 0 fully saturated rings. The van der Waals surface area contributed by atoms with E-state index >= 15 is 0 Å². The van der Waals surface area contributed by atoms with E-state index in [-0.39, 0.29) is 18.4 Å². The number of hydrogen-bond acceptors (Lipinski definition) is 8. The van der Waals surface area contributed by atoms with E-state index in [1.807, 2.05) is 23.1 Å². The third-order valence-corrected chi connectivity index (χ3v) is 6.21. The predicted molar refractivity (Wildman–Crippen MR) is 136 cm³/mol. The van der Waals surface area contributed by atoms with Gasteiger partial charge in [0.05, 0.1) is 0 Å². The zero-order chi connectivity index (χ0) is 25.2. The van der Waals surface area contributed by atoms with E-state index in [2.05, 4.69) is 52.0 Å². The molecule has 3 N–H and O–H groups in total. The molecule has 0 bridgehead atoms. The molecule has 3 unspecified atom stereocenters. The van der Waals surface area contributed by atoms with Gasteiger partial charge in [0.1, 0.15) is 18.8 Å². The Morgan fingerprint density at radius 2 is 1.89 bits per heavy atom. The summed E-state index contributed by atoms with van der Waals surface area (Å²) in [6, 6.07) is 6.59. The van der Waals surface area contributed by atoms with Gasteiger partial charge in [-0.15, -0.1) is 5.11 Å². The number of amides is 1. The average Bonchev–Trinajstić information content (AvgIpc) is 3.05. The number of nitroso groups, excluding NO2 is 2. The molecular weight excluding hydrogens is 446 g/mol. The Labute approximate surface area is 205 Å². The molecule has 1 aliphatic carbocycles. The van der Waals surface area contributed by atoms with Gasteiger partial charge in [0.15, 0.2) is 0 Å². The summed E-state index contributed by atoms with van der Waals surface area (Å²) in [5, 5.41) is 16.8. The second-order valence-corrected chi connectivity index (χ2v) is 8.74. The zero-order valence-electron chi connectivity index (χ0n) is 20.3. The summed E-state index contributed by atoms with van der Waals surface area (Å²) < 4.78 is 0. The average molecular weight is 480 g/mol. The normalized spacial score (nSPS) is 20.5. The van der Waals surface area contributed by atoms with Gasteiger partial charge >= 0.3 is 0 Å². The monoisotopic (exact) mass is 479 g/mol. The fraction of sp³-hybridized carbons (Fsp3) is 0.480. The molecule has 2 aliphatic rings. The Morgan fingerprint density at radius 3 is 2.49 bits per heavy atom. The molecule has 1 amide bonds. The molecular formula is C25H33N7O3. The summed E-state index contributed by atoms with van der Waals surface area (Å²) in [6.45, 7) is 5.40. The molecule has 0 saturated carbocycles. The third kappa shape index (κ3) is 6.46. The molecule has 0 radical (unpaired) electrons. The van der Waals surface area contributed by atoms with Crippen molar-refractivity contribution in [2.75, 3.05) is 19.6 Å². The number of allylic oxidation sites excluding steroid dienone is 4. The molecule has 1 aromatic carbocycles. The summed E-state index contributed by atoms with van der Waals surface area (Å²) >= 11 is 0. The molecule has 10 nitrogen and oxygen atoms in total. The number of nitrogens with two attached hydrogens (primary N) is 1. The van der Waals surface area contributed by atoms with Crippen molar-refractivity contribution in [3.05, 3.63) is 74.7 Å². The van der Waals surface area contributed by atoms with Gasteiger partial charge in [0.25, 0.3) is 0 Å². The molecule has 1 aliphatic heterocycles. The predicted octanol–water partition coefficient (Wildman–Crippen LogP) is 4.77. The van der Waals surface area contributed by atoms with Gasteiger partial charge in [-0.3, -0.25) is 4.79 Å². The molecule has 3 atom stereocenters. The molecule has 1 aromatic rings. The van der Waals surface area contributed by atoms with Crippen molar-refractivity contribution in [1.29, 1.82) is 0 Å². The van der Waals surface area contributed by atoms with Crippen molar-refractivity contribution in [3.63, 3.8) is 0 Å². The summed E-state index contributed by atoms with van der Waals surface area (Å²) in [4.78, 5) is 36.8. The van der Waals surface area contributed by atoms with Gasteiger partial charge in [-0.1, -0.05) is 65.8 Å². The minimum Gasteiger partial charge on any atom is -0.365 e. The van der Waals surface area contributed by atoms with Crippen LogP contribution in [0.25, 0.3) is 5.57 Å². The van der Waals surface area contributed by atoms with Crippen LogP contribution in [-0.4, -0.2) is 36.6 Å². The van der Waals surface area contributed by atoms with Crippen LogP contribution >= 0.6 is 0 Å². The molecule has 0 aromatic heterocycles. The number of fused-ring (bicyclic) bond motifs is 1. The number of nitrogens with zero attached hydrogens (tertiary/aromatic N) is 5. The van der Waals surface area contributed by atoms with Crippen LogP contribution in [0.2, 0.25) is 0 Å². The standard InChI is InChI=1S/C25H33N7O3/c1-3-11-32(12-4-2)25(33)21-13-20-10-9-19(14-22(20)28-24(15-21)29-31-26)17-5-7-18(8-6-17)23(30-35)16-27-34/h5-9,13-14,20,23-24,28H,3-4,10-12,15-16H2,1-2H3,(H2,26,29). The van der Waals surface area contributed by atoms with Crippen LogP contribution in [0.5, 0.6) is 0 Å². The topological polar surface area (TPSA) is 142 Å². The Morgan fingerprint density at radius 1 is 1.17 bits per heavy atom. The maximum atomic E-state index is 13.3. The second-order valence-electron chi connectivity index (χ2n) is 8.74. The first-order valence-electron chi connectivity index (χ1n) is 12.0. The summed E-state index contributed by atoms with van der Waals surface area (Å²) in [6.07, 6.45) is 8.72. The first-order chi connectivity index (χ1) is 17.0. The lowest BCUT2D eigenvalue weighted by molar-refractivity contribution is -0.127. The Kier molecular flexibility index (Phi) is 9.39. The smallest absolute Gasteiger partial charge is 0.249 e. The van der Waals surface area contributed by atoms with E-state index in [9.17, 15) is 14.6 Å². The molecule has 1 heterocycles. The number of carbonyl (C=O) groups is 1. The first kappa shape index (κ1) is 25.9. The van der Waals surface area contributed by atoms with Gasteiger partial charge in [-0.05, 0) is 42.0 Å². The zero-order valence-corrected chi connectivity index (χ0v) is 20.3. The van der Waals surface area contributed by atoms with Gasteiger partial charge in [0.2, 0.25) is 5.91 Å². The SMILES string of the molecule is CCCN(CCC)C(=O)C1=CC2CC=C(c3ccc(C(CN=O)N=O)cc3)C=C2NC(N=NN)C1. The van der Waals surface area contributed by atoms with Crippen LogP contribution in [0.3, 0.4) is 0 Å². The first-order valence-corrected chi connectivity index (χ1v) is 12.0. The van der Waals surface area contributed by atoms with E-state index in [1.165, 1.54) is 0 Å². The van der Waals surface area contributed by atoms with Gasteiger partial charge in [-0.25, -0.2) is 0 Å². The van der Waals surface area contributed by atoms with Crippen LogP contribution in [0.1, 0.15) is 56.7 Å². The Balaban J connectivity index is 1.87. The van der Waals surface area contributed by atoms with Crippen LogP contribution in [-0.2, 0) is 4.79 Å². The summed E-state index contributed by atoms with van der Waals surface area (Å²) in [5.41, 5.74) is 4.29. The van der Waals surface area contributed by atoms with E-state index in [0.717, 1.165) is 48.3 Å². The minimum absolute atomic E-state index is 0.0161. The van der Waals surface area contributed by atoms with Crippen LogP contribution < -0.4 is 11.2 Å². The van der Waals surface area contributed by atoms with E-state index < -0.39 is 12.2 Å². The lowest BCUT2D eigenvalue weighted by Crippen LogP contribution is -2.35. The second kappa shape index (κ2) is 12.7. The van der Waals surface area contributed by atoms with Gasteiger partial charge < -0.3 is 16.1 Å². The maximum absolute atomic E-state index is 13.3. The molecule has 35 heavy (non-hydrogen) atoms.